The molecule has 0 aliphatic carbocycles. The van der Waals surface area contributed by atoms with Crippen LogP contribution < -0.4 is 10.1 Å². The third kappa shape index (κ3) is 5.21. The van der Waals surface area contributed by atoms with Crippen molar-refractivity contribution in [1.82, 2.24) is 5.32 Å². The number of carboxylic acids is 1. The molecule has 5 nitrogen and oxygen atoms in total. The largest absolute Gasteiger partial charge is 0.495 e. The van der Waals surface area contributed by atoms with Crippen LogP contribution in [0, 0.1) is 11.8 Å². The Morgan fingerprint density at radius 1 is 1.45 bits per heavy atom. The zero-order valence-corrected chi connectivity index (χ0v) is 12.8. The maximum absolute atomic E-state index is 12.0. The Bertz CT molecular complexity index is 456. The van der Waals surface area contributed by atoms with Crippen molar-refractivity contribution in [3.8, 4) is 5.75 Å². The van der Waals surface area contributed by atoms with Gasteiger partial charge in [-0.15, -0.1) is 11.3 Å². The van der Waals surface area contributed by atoms with Crippen molar-refractivity contribution in [3.63, 3.8) is 0 Å². The fraction of sp³-hybridized carbons (Fsp3) is 0.571. The number of nitrogens with one attached hydrogen (secondary N) is 1. The molecule has 0 spiro atoms. The number of aliphatic carboxylic acids is 1. The van der Waals surface area contributed by atoms with Crippen LogP contribution in [0.15, 0.2) is 11.4 Å². The van der Waals surface area contributed by atoms with Gasteiger partial charge >= 0.3 is 5.97 Å². The van der Waals surface area contributed by atoms with Gasteiger partial charge in [-0.3, -0.25) is 9.59 Å². The summed E-state index contributed by atoms with van der Waals surface area (Å²) in [5, 5.41) is 13.5. The van der Waals surface area contributed by atoms with E-state index in [2.05, 4.69) is 5.32 Å². The summed E-state index contributed by atoms with van der Waals surface area (Å²) in [6, 6.07) is 1.74. The van der Waals surface area contributed by atoms with Gasteiger partial charge in [0.1, 0.15) is 10.6 Å². The van der Waals surface area contributed by atoms with Gasteiger partial charge in [0.2, 0.25) is 0 Å². The molecule has 0 aliphatic heterocycles. The second-order valence-corrected chi connectivity index (χ2v) is 6.04. The van der Waals surface area contributed by atoms with E-state index in [4.69, 9.17) is 9.84 Å². The number of carbonyl (C=O) groups excluding carboxylic acids is 1. The van der Waals surface area contributed by atoms with E-state index in [1.54, 1.807) is 11.4 Å². The molecule has 0 aromatic carbocycles. The summed E-state index contributed by atoms with van der Waals surface area (Å²) in [4.78, 5) is 23.4. The lowest BCUT2D eigenvalue weighted by atomic mass is 9.94. The number of rotatable bonds is 8. The van der Waals surface area contributed by atoms with Gasteiger partial charge < -0.3 is 15.2 Å². The Balaban J connectivity index is 2.58. The van der Waals surface area contributed by atoms with Crippen molar-refractivity contribution in [3.05, 3.63) is 16.3 Å². The van der Waals surface area contributed by atoms with Crippen LogP contribution in [-0.2, 0) is 4.79 Å². The molecule has 0 saturated carbocycles. The SMILES string of the molecule is COc1ccsc1C(=O)NCC(CC(=O)O)CC(C)C. The van der Waals surface area contributed by atoms with Crippen molar-refractivity contribution in [2.45, 2.75) is 26.7 Å². The third-order valence-corrected chi connectivity index (χ3v) is 3.77. The summed E-state index contributed by atoms with van der Waals surface area (Å²) in [5.74, 6) is -0.157. The zero-order valence-electron chi connectivity index (χ0n) is 12.0. The minimum absolute atomic E-state index is 0.0533. The fourth-order valence-corrected chi connectivity index (χ4v) is 2.87. The van der Waals surface area contributed by atoms with Gasteiger partial charge in [0.25, 0.3) is 5.91 Å². The van der Waals surface area contributed by atoms with E-state index in [9.17, 15) is 9.59 Å². The molecule has 0 saturated heterocycles. The molecule has 20 heavy (non-hydrogen) atoms. The molecule has 1 heterocycles. The minimum Gasteiger partial charge on any atom is -0.495 e. The van der Waals surface area contributed by atoms with E-state index < -0.39 is 5.97 Å². The van der Waals surface area contributed by atoms with E-state index in [1.807, 2.05) is 13.8 Å². The van der Waals surface area contributed by atoms with Crippen molar-refractivity contribution in [2.75, 3.05) is 13.7 Å². The molecule has 2 N–H and O–H groups in total. The van der Waals surface area contributed by atoms with Gasteiger partial charge in [0.15, 0.2) is 0 Å². The number of amides is 1. The van der Waals surface area contributed by atoms with E-state index in [1.165, 1.54) is 18.4 Å². The fourth-order valence-electron chi connectivity index (χ4n) is 2.09. The van der Waals surface area contributed by atoms with Crippen LogP contribution in [0.2, 0.25) is 0 Å². The van der Waals surface area contributed by atoms with Gasteiger partial charge in [-0.1, -0.05) is 13.8 Å². The molecule has 0 fully saturated rings. The second-order valence-electron chi connectivity index (χ2n) is 5.12. The summed E-state index contributed by atoms with van der Waals surface area (Å²) in [5.41, 5.74) is 0. The number of hydrogen-bond donors (Lipinski definition) is 2. The van der Waals surface area contributed by atoms with Crippen LogP contribution >= 0.6 is 11.3 Å². The van der Waals surface area contributed by atoms with Gasteiger partial charge in [-0.25, -0.2) is 0 Å². The van der Waals surface area contributed by atoms with Crippen molar-refractivity contribution >= 4 is 23.2 Å². The van der Waals surface area contributed by atoms with E-state index >= 15 is 0 Å². The molecule has 1 rings (SSSR count). The Labute approximate surface area is 123 Å². The van der Waals surface area contributed by atoms with E-state index in [0.29, 0.717) is 23.1 Å². The lowest BCUT2D eigenvalue weighted by Gasteiger charge is -2.17. The highest BCUT2D eigenvalue weighted by Crippen LogP contribution is 2.24. The van der Waals surface area contributed by atoms with Crippen molar-refractivity contribution < 1.29 is 19.4 Å². The Hall–Kier alpha value is -1.56. The molecule has 0 aliphatic rings. The molecule has 1 unspecified atom stereocenters. The van der Waals surface area contributed by atoms with Crippen LogP contribution in [0.3, 0.4) is 0 Å². The molecule has 0 radical (unpaired) electrons. The topological polar surface area (TPSA) is 75.6 Å². The molecule has 1 aromatic heterocycles. The third-order valence-electron chi connectivity index (χ3n) is 2.87. The zero-order chi connectivity index (χ0) is 15.1. The minimum atomic E-state index is -0.835. The summed E-state index contributed by atoms with van der Waals surface area (Å²) in [6.45, 7) is 4.45. The van der Waals surface area contributed by atoms with Crippen LogP contribution in [-0.4, -0.2) is 30.6 Å². The smallest absolute Gasteiger partial charge is 0.303 e. The molecule has 1 aromatic rings. The maximum Gasteiger partial charge on any atom is 0.303 e. The highest BCUT2D eigenvalue weighted by atomic mass is 32.1. The molecule has 0 bridgehead atoms. The number of hydrogen-bond acceptors (Lipinski definition) is 4. The van der Waals surface area contributed by atoms with Gasteiger partial charge in [-0.2, -0.15) is 0 Å². The van der Waals surface area contributed by atoms with E-state index in [0.717, 1.165) is 6.42 Å². The van der Waals surface area contributed by atoms with Crippen LogP contribution in [0.5, 0.6) is 5.75 Å². The number of thiophene rings is 1. The number of carbonyl (C=O) groups is 2. The molecular formula is C14H21NO4S. The first kappa shape index (κ1) is 16.5. The van der Waals surface area contributed by atoms with Crippen molar-refractivity contribution in [2.24, 2.45) is 11.8 Å². The first-order valence-corrected chi connectivity index (χ1v) is 7.43. The number of carboxylic acid groups (broad SMARTS) is 1. The highest BCUT2D eigenvalue weighted by molar-refractivity contribution is 7.12. The Morgan fingerprint density at radius 2 is 2.15 bits per heavy atom. The average molecular weight is 299 g/mol. The first-order valence-electron chi connectivity index (χ1n) is 6.55. The summed E-state index contributed by atoms with van der Waals surface area (Å²) in [7, 11) is 1.52. The summed E-state index contributed by atoms with van der Waals surface area (Å²) >= 11 is 1.31. The summed E-state index contributed by atoms with van der Waals surface area (Å²) in [6.07, 6.45) is 0.841. The average Bonchev–Trinajstić information content (AvgIpc) is 2.82. The lowest BCUT2D eigenvalue weighted by Crippen LogP contribution is -2.30. The summed E-state index contributed by atoms with van der Waals surface area (Å²) < 4.78 is 5.10. The highest BCUT2D eigenvalue weighted by Gasteiger charge is 2.18. The van der Waals surface area contributed by atoms with Gasteiger partial charge in [0.05, 0.1) is 7.11 Å². The standard InChI is InChI=1S/C14H21NO4S/c1-9(2)6-10(7-12(16)17)8-15-14(18)13-11(19-3)4-5-20-13/h4-5,9-10H,6-8H2,1-3H3,(H,15,18)(H,16,17). The maximum atomic E-state index is 12.0. The Morgan fingerprint density at radius 3 is 2.70 bits per heavy atom. The molecule has 1 atom stereocenters. The van der Waals surface area contributed by atoms with Crippen LogP contribution in [0.4, 0.5) is 0 Å². The molecule has 112 valence electrons. The van der Waals surface area contributed by atoms with Crippen molar-refractivity contribution in [1.29, 1.82) is 0 Å². The quantitative estimate of drug-likeness (QED) is 0.773. The van der Waals surface area contributed by atoms with Gasteiger partial charge in [0, 0.05) is 13.0 Å². The monoisotopic (exact) mass is 299 g/mol. The molecule has 6 heteroatoms. The van der Waals surface area contributed by atoms with Crippen LogP contribution in [0.1, 0.15) is 36.4 Å². The number of ether oxygens (including phenoxy) is 1. The number of methoxy groups -OCH3 is 1. The lowest BCUT2D eigenvalue weighted by molar-refractivity contribution is -0.138. The second kappa shape index (κ2) is 7.89. The van der Waals surface area contributed by atoms with Gasteiger partial charge in [-0.05, 0) is 29.7 Å². The van der Waals surface area contributed by atoms with Crippen LogP contribution in [0.25, 0.3) is 0 Å². The normalized spacial score (nSPS) is 12.2. The first-order chi connectivity index (χ1) is 9.43. The molecular weight excluding hydrogens is 278 g/mol. The molecule has 1 amide bonds. The van der Waals surface area contributed by atoms with E-state index in [-0.39, 0.29) is 18.2 Å². The Kier molecular flexibility index (Phi) is 6.51. The predicted molar refractivity (Wildman–Crippen MR) is 78.4 cm³/mol. The predicted octanol–water partition coefficient (Wildman–Crippen LogP) is 2.62.